The van der Waals surface area contributed by atoms with Gasteiger partial charge in [-0.3, -0.25) is 0 Å². The van der Waals surface area contributed by atoms with Crippen LogP contribution in [0.15, 0.2) is 12.3 Å². The molecule has 2 aromatic rings. The lowest BCUT2D eigenvalue weighted by Crippen LogP contribution is -2.12. The smallest absolute Gasteiger partial charge is 0.248 e. The van der Waals surface area contributed by atoms with Crippen molar-refractivity contribution in [3.05, 3.63) is 23.7 Å². The molecule has 0 aliphatic rings. The maximum atomic E-state index is 8.67. The highest BCUT2D eigenvalue weighted by molar-refractivity contribution is 6.66. The third-order valence-corrected chi connectivity index (χ3v) is 2.93. The molecule has 0 unspecified atom stereocenters. The summed E-state index contributed by atoms with van der Waals surface area (Å²) in [5.41, 5.74) is 2.26. The maximum Gasteiger partial charge on any atom is 0.248 e. The van der Waals surface area contributed by atoms with Gasteiger partial charge in [0.15, 0.2) is 11.5 Å². The van der Waals surface area contributed by atoms with E-state index in [4.69, 9.17) is 40.1 Å². The van der Waals surface area contributed by atoms with E-state index in [0.29, 0.717) is 24.1 Å². The number of aryl methyl sites for hydroxylation is 2. The Hall–Kier alpha value is -1.02. The fraction of sp³-hybridized carbons (Fsp3) is 0.364. The third kappa shape index (κ3) is 2.54. The summed E-state index contributed by atoms with van der Waals surface area (Å²) in [7, 11) is 0. The minimum Gasteiger partial charge on any atom is -0.308 e. The van der Waals surface area contributed by atoms with Crippen LogP contribution in [0.5, 0.6) is 0 Å². The van der Waals surface area contributed by atoms with Crippen LogP contribution in [0.3, 0.4) is 0 Å². The molecule has 94 valence electrons. The molecule has 7 heteroatoms. The Kier molecular flexibility index (Phi) is 3.67. The van der Waals surface area contributed by atoms with Gasteiger partial charge in [-0.25, -0.2) is 9.97 Å². The Bertz CT molecular complexity index is 621. The van der Waals surface area contributed by atoms with Crippen LogP contribution < -0.4 is 0 Å². The molecule has 0 atom stereocenters. The van der Waals surface area contributed by atoms with E-state index in [-0.39, 0.29) is 5.82 Å². The molecular formula is C11H9Cl3N4. The summed E-state index contributed by atoms with van der Waals surface area (Å²) in [5, 5.41) is 8.67. The van der Waals surface area contributed by atoms with Crippen LogP contribution in [-0.4, -0.2) is 14.5 Å². The molecule has 0 radical (unpaired) electrons. The van der Waals surface area contributed by atoms with Crippen molar-refractivity contribution >= 4 is 46.0 Å². The zero-order valence-electron chi connectivity index (χ0n) is 9.49. The summed E-state index contributed by atoms with van der Waals surface area (Å²) in [5.74, 6) is 0.288. The molecule has 0 saturated heterocycles. The summed E-state index contributed by atoms with van der Waals surface area (Å²) in [6.07, 6.45) is 2.02. The first-order valence-electron chi connectivity index (χ1n) is 5.20. The van der Waals surface area contributed by atoms with Crippen LogP contribution in [0.1, 0.15) is 17.8 Å². The van der Waals surface area contributed by atoms with Gasteiger partial charge in [0.25, 0.3) is 0 Å². The number of nitriles is 1. The number of pyridine rings is 1. The number of halogens is 3. The normalized spacial score (nSPS) is 11.7. The molecule has 2 heterocycles. The second-order valence-electron chi connectivity index (χ2n) is 3.85. The molecular weight excluding hydrogens is 295 g/mol. The van der Waals surface area contributed by atoms with Gasteiger partial charge >= 0.3 is 0 Å². The molecule has 4 nitrogen and oxygen atoms in total. The molecule has 2 aromatic heterocycles. The maximum absolute atomic E-state index is 8.67. The molecule has 0 spiro atoms. The highest BCUT2D eigenvalue weighted by atomic mass is 35.6. The second-order valence-corrected chi connectivity index (χ2v) is 6.13. The zero-order valence-corrected chi connectivity index (χ0v) is 11.8. The highest BCUT2D eigenvalue weighted by Crippen LogP contribution is 2.38. The fourth-order valence-electron chi connectivity index (χ4n) is 1.70. The number of rotatable bonds is 2. The average molecular weight is 304 g/mol. The number of alkyl halides is 3. The first kappa shape index (κ1) is 13.4. The minimum absolute atomic E-state index is 0.288. The van der Waals surface area contributed by atoms with Gasteiger partial charge in [0.2, 0.25) is 3.79 Å². The van der Waals surface area contributed by atoms with Crippen LogP contribution in [0.25, 0.3) is 11.2 Å². The number of hydrogen-bond donors (Lipinski definition) is 0. The molecule has 0 aromatic carbocycles. The van der Waals surface area contributed by atoms with Gasteiger partial charge in [-0.05, 0) is 18.6 Å². The number of nitrogens with zero attached hydrogens (tertiary/aromatic N) is 4. The number of hydrogen-bond acceptors (Lipinski definition) is 3. The zero-order chi connectivity index (χ0) is 13.3. The van der Waals surface area contributed by atoms with Crippen molar-refractivity contribution in [1.29, 1.82) is 5.26 Å². The van der Waals surface area contributed by atoms with Gasteiger partial charge in [-0.1, -0.05) is 34.8 Å². The standard InChI is InChI=1S/C11H9Cl3N4/c1-7-5-8-9(16-6-7)18(4-2-3-15)10(17-8)11(12,13)14/h5-6H,2,4H2,1H3. The predicted molar refractivity (Wildman–Crippen MR) is 71.7 cm³/mol. The Labute approximate surface area is 119 Å². The molecule has 0 saturated carbocycles. The van der Waals surface area contributed by atoms with Crippen LogP contribution in [0.2, 0.25) is 0 Å². The van der Waals surface area contributed by atoms with E-state index in [9.17, 15) is 0 Å². The van der Waals surface area contributed by atoms with Gasteiger partial charge in [-0.15, -0.1) is 0 Å². The minimum atomic E-state index is -1.63. The van der Waals surface area contributed by atoms with E-state index < -0.39 is 3.79 Å². The summed E-state index contributed by atoms with van der Waals surface area (Å²) in [4.78, 5) is 8.58. The molecule has 0 aliphatic heterocycles. The molecule has 2 rings (SSSR count). The van der Waals surface area contributed by atoms with Crippen molar-refractivity contribution in [3.8, 4) is 6.07 Å². The highest BCUT2D eigenvalue weighted by Gasteiger charge is 2.30. The summed E-state index contributed by atoms with van der Waals surface area (Å²) >= 11 is 17.7. The number of aromatic nitrogens is 3. The second kappa shape index (κ2) is 4.93. The van der Waals surface area contributed by atoms with E-state index in [1.165, 1.54) is 0 Å². The molecule has 0 amide bonds. The van der Waals surface area contributed by atoms with Gasteiger partial charge in [-0.2, -0.15) is 5.26 Å². The van der Waals surface area contributed by atoms with Gasteiger partial charge < -0.3 is 4.57 Å². The molecule has 18 heavy (non-hydrogen) atoms. The molecule has 0 aliphatic carbocycles. The SMILES string of the molecule is Cc1cnc2c(c1)nc(C(Cl)(Cl)Cl)n2CCC#N. The Morgan fingerprint density at radius 2 is 2.17 bits per heavy atom. The van der Waals surface area contributed by atoms with Crippen molar-refractivity contribution in [2.45, 2.75) is 23.7 Å². The molecule has 0 fully saturated rings. The Morgan fingerprint density at radius 1 is 1.44 bits per heavy atom. The van der Waals surface area contributed by atoms with E-state index in [0.717, 1.165) is 5.56 Å². The topological polar surface area (TPSA) is 54.5 Å². The molecule has 0 bridgehead atoms. The van der Waals surface area contributed by atoms with Crippen LogP contribution >= 0.6 is 34.8 Å². The van der Waals surface area contributed by atoms with Crippen LogP contribution in [-0.2, 0) is 10.3 Å². The van der Waals surface area contributed by atoms with E-state index >= 15 is 0 Å². The van der Waals surface area contributed by atoms with Gasteiger partial charge in [0, 0.05) is 12.7 Å². The van der Waals surface area contributed by atoms with Gasteiger partial charge in [0.1, 0.15) is 5.52 Å². The number of imidazole rings is 1. The Balaban J connectivity index is 2.65. The van der Waals surface area contributed by atoms with Crippen molar-refractivity contribution in [2.24, 2.45) is 0 Å². The predicted octanol–water partition coefficient (Wildman–Crippen LogP) is 3.48. The van der Waals surface area contributed by atoms with Gasteiger partial charge in [0.05, 0.1) is 12.5 Å². The van der Waals surface area contributed by atoms with Crippen molar-refractivity contribution in [2.75, 3.05) is 0 Å². The largest absolute Gasteiger partial charge is 0.308 e. The van der Waals surface area contributed by atoms with Crippen LogP contribution in [0, 0.1) is 18.3 Å². The lowest BCUT2D eigenvalue weighted by Gasteiger charge is -2.12. The monoisotopic (exact) mass is 302 g/mol. The first-order chi connectivity index (χ1) is 8.43. The summed E-state index contributed by atoms with van der Waals surface area (Å²) in [6.45, 7) is 2.31. The average Bonchev–Trinajstić information content (AvgIpc) is 2.63. The lowest BCUT2D eigenvalue weighted by molar-refractivity contribution is 0.687. The van der Waals surface area contributed by atoms with E-state index in [1.807, 2.05) is 13.0 Å². The lowest BCUT2D eigenvalue weighted by atomic mass is 10.3. The summed E-state index contributed by atoms with van der Waals surface area (Å²) < 4.78 is 0.0368. The fourth-order valence-corrected chi connectivity index (χ4v) is 2.13. The quantitative estimate of drug-likeness (QED) is 0.798. The van der Waals surface area contributed by atoms with Crippen molar-refractivity contribution in [3.63, 3.8) is 0 Å². The molecule has 0 N–H and O–H groups in total. The van der Waals surface area contributed by atoms with Crippen molar-refractivity contribution in [1.82, 2.24) is 14.5 Å². The number of fused-ring (bicyclic) bond motifs is 1. The summed E-state index contributed by atoms with van der Waals surface area (Å²) in [6, 6.07) is 3.92. The van der Waals surface area contributed by atoms with E-state index in [1.54, 1.807) is 10.8 Å². The van der Waals surface area contributed by atoms with Crippen molar-refractivity contribution < 1.29 is 0 Å². The third-order valence-electron chi connectivity index (χ3n) is 2.42. The van der Waals surface area contributed by atoms with E-state index in [2.05, 4.69) is 16.0 Å². The van der Waals surface area contributed by atoms with Crippen LogP contribution in [0.4, 0.5) is 0 Å². The Morgan fingerprint density at radius 3 is 2.78 bits per heavy atom. The first-order valence-corrected chi connectivity index (χ1v) is 6.34.